The second kappa shape index (κ2) is 6.57. The number of carbonyl (C=O) groups is 1. The maximum absolute atomic E-state index is 13.2. The molecule has 1 aromatic carbocycles. The normalized spacial score (nSPS) is 36.8. The molecule has 5 aliphatic rings. The summed E-state index contributed by atoms with van der Waals surface area (Å²) in [5.41, 5.74) is 0.0593. The summed E-state index contributed by atoms with van der Waals surface area (Å²) in [5, 5.41) is 3.18. The van der Waals surface area contributed by atoms with Crippen LogP contribution >= 0.6 is 11.8 Å². The Bertz CT molecular complexity index is 729. The lowest BCUT2D eigenvalue weighted by Gasteiger charge is -2.57. The minimum Gasteiger partial charge on any atom is -0.332 e. The zero-order valence-electron chi connectivity index (χ0n) is 15.7. The maximum Gasteiger partial charge on any atom is 0.416 e. The van der Waals surface area contributed by atoms with Gasteiger partial charge in [0.2, 0.25) is 0 Å². The topological polar surface area (TPSA) is 32.3 Å². The first-order valence-corrected chi connectivity index (χ1v) is 11.2. The molecule has 0 spiro atoms. The Labute approximate surface area is 167 Å². The Hall–Kier alpha value is -1.37. The Kier molecular flexibility index (Phi) is 4.38. The molecule has 7 heteroatoms. The van der Waals surface area contributed by atoms with E-state index in [1.54, 1.807) is 11.8 Å². The van der Waals surface area contributed by atoms with Crippen LogP contribution in [0.2, 0.25) is 0 Å². The highest BCUT2D eigenvalue weighted by Gasteiger charge is 2.52. The van der Waals surface area contributed by atoms with Gasteiger partial charge in [0.15, 0.2) is 0 Å². The smallest absolute Gasteiger partial charge is 0.332 e. The van der Waals surface area contributed by atoms with Crippen LogP contribution in [0.4, 0.5) is 18.0 Å². The van der Waals surface area contributed by atoms with E-state index in [2.05, 4.69) is 5.32 Å². The van der Waals surface area contributed by atoms with Crippen LogP contribution in [0.1, 0.15) is 55.0 Å². The molecule has 1 N–H and O–H groups in total. The molecule has 152 valence electrons. The van der Waals surface area contributed by atoms with Gasteiger partial charge in [-0.15, -0.1) is 11.8 Å². The molecule has 5 fully saturated rings. The van der Waals surface area contributed by atoms with Crippen molar-refractivity contribution in [3.8, 4) is 0 Å². The molecule has 1 unspecified atom stereocenters. The van der Waals surface area contributed by atoms with Gasteiger partial charge in [0.05, 0.1) is 5.56 Å². The van der Waals surface area contributed by atoms with Gasteiger partial charge >= 0.3 is 12.2 Å². The Morgan fingerprint density at radius 1 is 1.04 bits per heavy atom. The second-order valence-corrected chi connectivity index (χ2v) is 10.4. The summed E-state index contributed by atoms with van der Waals surface area (Å²) in [4.78, 5) is 15.0. The first-order valence-electron chi connectivity index (χ1n) is 10.2. The average molecular weight is 411 g/mol. The average Bonchev–Trinajstić information content (AvgIpc) is 3.09. The quantitative estimate of drug-likeness (QED) is 0.705. The lowest BCUT2D eigenvalue weighted by atomic mass is 9.53. The fourth-order valence-electron chi connectivity index (χ4n) is 6.35. The largest absolute Gasteiger partial charge is 0.416 e. The van der Waals surface area contributed by atoms with Gasteiger partial charge in [-0.3, -0.25) is 0 Å². The van der Waals surface area contributed by atoms with E-state index >= 15 is 0 Å². The summed E-state index contributed by atoms with van der Waals surface area (Å²) in [5.74, 6) is 3.07. The van der Waals surface area contributed by atoms with Gasteiger partial charge < -0.3 is 10.2 Å². The Morgan fingerprint density at radius 2 is 1.61 bits per heavy atom. The monoisotopic (exact) mass is 410 g/mol. The minimum absolute atomic E-state index is 0.0446. The zero-order chi connectivity index (χ0) is 19.5. The van der Waals surface area contributed by atoms with Crippen LogP contribution in [0.25, 0.3) is 0 Å². The molecule has 28 heavy (non-hydrogen) atoms. The van der Waals surface area contributed by atoms with Gasteiger partial charge in [-0.05, 0) is 74.0 Å². The summed E-state index contributed by atoms with van der Waals surface area (Å²) in [6.07, 6.45) is 2.91. The molecule has 4 aliphatic carbocycles. The predicted octanol–water partition coefficient (Wildman–Crippen LogP) is 5.43. The molecule has 4 bridgehead atoms. The van der Waals surface area contributed by atoms with Gasteiger partial charge in [0.25, 0.3) is 0 Å². The molecule has 0 aromatic heterocycles. The molecule has 0 radical (unpaired) electrons. The minimum atomic E-state index is -4.34. The van der Waals surface area contributed by atoms with E-state index in [1.807, 2.05) is 4.90 Å². The zero-order valence-corrected chi connectivity index (χ0v) is 16.5. The summed E-state index contributed by atoms with van der Waals surface area (Å²) in [7, 11) is 0. The van der Waals surface area contributed by atoms with E-state index in [9.17, 15) is 18.0 Å². The number of amides is 2. The van der Waals surface area contributed by atoms with Crippen molar-refractivity contribution < 1.29 is 18.0 Å². The first-order chi connectivity index (χ1) is 13.3. The van der Waals surface area contributed by atoms with Gasteiger partial charge in [0, 0.05) is 17.8 Å². The molecular weight excluding hydrogens is 385 g/mol. The third-order valence-electron chi connectivity index (χ3n) is 7.09. The summed E-state index contributed by atoms with van der Waals surface area (Å²) >= 11 is 1.62. The number of rotatable bonds is 2. The van der Waals surface area contributed by atoms with Gasteiger partial charge in [0.1, 0.15) is 5.37 Å². The first kappa shape index (κ1) is 18.6. The van der Waals surface area contributed by atoms with Crippen LogP contribution in [0, 0.1) is 17.8 Å². The number of alkyl halides is 3. The van der Waals surface area contributed by atoms with Crippen LogP contribution < -0.4 is 5.32 Å². The van der Waals surface area contributed by atoms with Crippen molar-refractivity contribution >= 4 is 17.8 Å². The van der Waals surface area contributed by atoms with Gasteiger partial charge in [-0.25, -0.2) is 4.79 Å². The van der Waals surface area contributed by atoms with Crippen molar-refractivity contribution in [3.63, 3.8) is 0 Å². The number of nitrogens with one attached hydrogen (secondary N) is 1. The molecule has 1 atom stereocenters. The van der Waals surface area contributed by atoms with Crippen LogP contribution in [0.5, 0.6) is 0 Å². The van der Waals surface area contributed by atoms with Gasteiger partial charge in [-0.1, -0.05) is 12.1 Å². The molecule has 1 aromatic rings. The highest BCUT2D eigenvalue weighted by Crippen LogP contribution is 2.55. The highest BCUT2D eigenvalue weighted by atomic mass is 32.2. The van der Waals surface area contributed by atoms with Crippen LogP contribution in [0.15, 0.2) is 24.3 Å². The molecule has 4 saturated carbocycles. The van der Waals surface area contributed by atoms with E-state index in [-0.39, 0.29) is 16.9 Å². The van der Waals surface area contributed by atoms with Crippen molar-refractivity contribution in [2.75, 3.05) is 12.3 Å². The SMILES string of the molecule is O=C(NC12CC3CC(CC(C3)C1)C2)N1CCSC1c1ccc(C(F)(F)F)cc1. The van der Waals surface area contributed by atoms with Crippen LogP contribution in [-0.4, -0.2) is 28.8 Å². The van der Waals surface area contributed by atoms with Crippen LogP contribution in [0.3, 0.4) is 0 Å². The van der Waals surface area contributed by atoms with E-state index < -0.39 is 11.7 Å². The van der Waals surface area contributed by atoms with Crippen molar-refractivity contribution in [1.29, 1.82) is 0 Å². The van der Waals surface area contributed by atoms with E-state index in [4.69, 9.17) is 0 Å². The van der Waals surface area contributed by atoms with E-state index in [0.717, 1.165) is 60.5 Å². The fourth-order valence-corrected chi connectivity index (χ4v) is 7.61. The number of halogens is 3. The molecule has 1 heterocycles. The molecule has 6 rings (SSSR count). The number of carbonyl (C=O) groups excluding carboxylic acids is 1. The summed E-state index contributed by atoms with van der Waals surface area (Å²) in [6.45, 7) is 0.633. The lowest BCUT2D eigenvalue weighted by molar-refractivity contribution is -0.137. The molecule has 1 saturated heterocycles. The molecular formula is C21H25F3N2OS. The van der Waals surface area contributed by atoms with Crippen molar-refractivity contribution in [3.05, 3.63) is 35.4 Å². The second-order valence-electron chi connectivity index (χ2n) is 9.16. The van der Waals surface area contributed by atoms with E-state index in [0.29, 0.717) is 6.54 Å². The maximum atomic E-state index is 13.2. The van der Waals surface area contributed by atoms with E-state index in [1.165, 1.54) is 31.4 Å². The lowest BCUT2D eigenvalue weighted by Crippen LogP contribution is -2.61. The molecule has 1 aliphatic heterocycles. The number of nitrogens with zero attached hydrogens (tertiary/aromatic N) is 1. The predicted molar refractivity (Wildman–Crippen MR) is 103 cm³/mol. The Balaban J connectivity index is 1.31. The standard InChI is InChI=1S/C21H25F3N2OS/c22-21(23,24)17-3-1-16(2-4-17)18-26(5-6-28-18)19(27)25-20-10-13-7-14(11-20)9-15(8-13)12-20/h1-4,13-15,18H,5-12H2,(H,25,27). The van der Waals surface area contributed by atoms with Gasteiger partial charge in [-0.2, -0.15) is 13.2 Å². The van der Waals surface area contributed by atoms with Crippen molar-refractivity contribution in [2.45, 2.75) is 55.6 Å². The Morgan fingerprint density at radius 3 is 2.14 bits per heavy atom. The molecule has 2 amide bonds. The summed E-state index contributed by atoms with van der Waals surface area (Å²) < 4.78 is 38.5. The number of urea groups is 1. The number of hydrogen-bond donors (Lipinski definition) is 1. The number of hydrogen-bond acceptors (Lipinski definition) is 2. The highest BCUT2D eigenvalue weighted by molar-refractivity contribution is 7.99. The number of thioether (sulfide) groups is 1. The third kappa shape index (κ3) is 3.29. The third-order valence-corrected chi connectivity index (χ3v) is 8.35. The number of benzene rings is 1. The fraction of sp³-hybridized carbons (Fsp3) is 0.667. The van der Waals surface area contributed by atoms with Crippen LogP contribution in [-0.2, 0) is 6.18 Å². The molecule has 3 nitrogen and oxygen atoms in total. The summed E-state index contributed by atoms with van der Waals surface area (Å²) in [6, 6.07) is 5.21. The van der Waals surface area contributed by atoms with Crippen molar-refractivity contribution in [1.82, 2.24) is 10.2 Å². The van der Waals surface area contributed by atoms with Crippen molar-refractivity contribution in [2.24, 2.45) is 17.8 Å².